The maximum Gasteiger partial charge on any atom is 0.0948 e. The van der Waals surface area contributed by atoms with Crippen molar-refractivity contribution in [2.75, 3.05) is 32.7 Å². The lowest BCUT2D eigenvalue weighted by Crippen LogP contribution is -2.39. The molecule has 1 aliphatic heterocycles. The second-order valence-electron chi connectivity index (χ2n) is 5.81. The number of nitrogens with zero attached hydrogens (tertiary/aromatic N) is 3. The zero-order valence-electron chi connectivity index (χ0n) is 12.7. The van der Waals surface area contributed by atoms with Crippen molar-refractivity contribution in [3.63, 3.8) is 0 Å². The molecule has 0 atom stereocenters. The van der Waals surface area contributed by atoms with Crippen LogP contribution in [0.2, 0.25) is 0 Å². The monoisotopic (exact) mass is 264 g/mol. The molecule has 1 aromatic rings. The first-order valence-corrected chi connectivity index (χ1v) is 7.63. The third-order valence-corrected chi connectivity index (χ3v) is 4.59. The third kappa shape index (κ3) is 3.37. The van der Waals surface area contributed by atoms with E-state index in [4.69, 9.17) is 0 Å². The van der Waals surface area contributed by atoms with Gasteiger partial charge in [-0.25, -0.2) is 4.98 Å². The second-order valence-corrected chi connectivity index (χ2v) is 5.81. The quantitative estimate of drug-likeness (QED) is 0.851. The average molecular weight is 264 g/mol. The zero-order chi connectivity index (χ0) is 13.7. The van der Waals surface area contributed by atoms with Crippen molar-refractivity contribution in [2.45, 2.75) is 45.6 Å². The van der Waals surface area contributed by atoms with Gasteiger partial charge >= 0.3 is 0 Å². The first kappa shape index (κ1) is 14.5. The average Bonchev–Trinajstić information content (AvgIpc) is 2.90. The van der Waals surface area contributed by atoms with Gasteiger partial charge in [0.2, 0.25) is 0 Å². The van der Waals surface area contributed by atoms with E-state index >= 15 is 0 Å². The maximum atomic E-state index is 4.40. The molecular formula is C15H28N4. The Balaban J connectivity index is 2.04. The van der Waals surface area contributed by atoms with E-state index in [0.717, 1.165) is 39.3 Å². The van der Waals surface area contributed by atoms with Gasteiger partial charge in [0.25, 0.3) is 0 Å². The number of likely N-dealkylation sites (N-methyl/N-ethyl adjacent to an activating group) is 1. The highest BCUT2D eigenvalue weighted by atomic mass is 15.2. The van der Waals surface area contributed by atoms with Crippen LogP contribution >= 0.6 is 0 Å². The van der Waals surface area contributed by atoms with Crippen molar-refractivity contribution in [3.05, 3.63) is 18.2 Å². The predicted octanol–water partition coefficient (Wildman–Crippen LogP) is 1.87. The molecule has 0 aliphatic carbocycles. The van der Waals surface area contributed by atoms with Crippen LogP contribution in [-0.2, 0) is 12.0 Å². The van der Waals surface area contributed by atoms with E-state index in [-0.39, 0.29) is 0 Å². The Kier molecular flexibility index (Phi) is 4.99. The molecule has 1 fully saturated rings. The summed E-state index contributed by atoms with van der Waals surface area (Å²) < 4.78 is 2.36. The molecule has 2 heterocycles. The fraction of sp³-hybridized carbons (Fsp3) is 0.800. The van der Waals surface area contributed by atoms with Crippen molar-refractivity contribution >= 4 is 0 Å². The highest BCUT2D eigenvalue weighted by molar-refractivity contribution is 5.15. The summed E-state index contributed by atoms with van der Waals surface area (Å²) in [4.78, 5) is 6.86. The first-order chi connectivity index (χ1) is 9.19. The van der Waals surface area contributed by atoms with E-state index < -0.39 is 0 Å². The molecule has 4 heteroatoms. The lowest BCUT2D eigenvalue weighted by Gasteiger charge is -2.35. The van der Waals surface area contributed by atoms with Gasteiger partial charge in [-0.2, -0.15) is 0 Å². The topological polar surface area (TPSA) is 33.1 Å². The standard InChI is InChI=1S/C15H28N4/c1-4-18(5-2)10-11-19-13-17-12-14(19)15(3)6-8-16-9-7-15/h12-13,16H,4-11H2,1-3H3. The number of hydrogen-bond donors (Lipinski definition) is 1. The van der Waals surface area contributed by atoms with E-state index in [2.05, 4.69) is 46.7 Å². The van der Waals surface area contributed by atoms with Crippen LogP contribution in [0.25, 0.3) is 0 Å². The van der Waals surface area contributed by atoms with Crippen molar-refractivity contribution in [1.82, 2.24) is 19.8 Å². The smallest absolute Gasteiger partial charge is 0.0948 e. The number of piperidine rings is 1. The Bertz CT molecular complexity index is 375. The Morgan fingerprint density at radius 3 is 2.63 bits per heavy atom. The minimum absolute atomic E-state index is 0.297. The number of rotatable bonds is 6. The summed E-state index contributed by atoms with van der Waals surface area (Å²) in [5, 5.41) is 3.45. The van der Waals surface area contributed by atoms with Gasteiger partial charge in [0.05, 0.1) is 6.33 Å². The first-order valence-electron chi connectivity index (χ1n) is 7.63. The Hall–Kier alpha value is -0.870. The Morgan fingerprint density at radius 2 is 2.00 bits per heavy atom. The molecule has 0 spiro atoms. The van der Waals surface area contributed by atoms with Gasteiger partial charge < -0.3 is 14.8 Å². The van der Waals surface area contributed by atoms with E-state index in [0.29, 0.717) is 5.41 Å². The highest BCUT2D eigenvalue weighted by Gasteiger charge is 2.31. The molecule has 0 bridgehead atoms. The molecule has 0 aromatic carbocycles. The molecule has 1 aliphatic rings. The second kappa shape index (κ2) is 6.53. The van der Waals surface area contributed by atoms with Crippen LogP contribution < -0.4 is 5.32 Å². The predicted molar refractivity (Wildman–Crippen MR) is 79.5 cm³/mol. The number of aromatic nitrogens is 2. The lowest BCUT2D eigenvalue weighted by atomic mass is 9.78. The molecule has 1 N–H and O–H groups in total. The number of hydrogen-bond acceptors (Lipinski definition) is 3. The summed E-state index contributed by atoms with van der Waals surface area (Å²) in [6.45, 7) is 13.5. The number of nitrogens with one attached hydrogen (secondary N) is 1. The van der Waals surface area contributed by atoms with Crippen LogP contribution in [0.15, 0.2) is 12.5 Å². The van der Waals surface area contributed by atoms with Gasteiger partial charge in [-0.15, -0.1) is 0 Å². The van der Waals surface area contributed by atoms with E-state index in [1.54, 1.807) is 0 Å². The van der Waals surface area contributed by atoms with E-state index in [1.807, 2.05) is 6.33 Å². The molecule has 1 aromatic heterocycles. The Morgan fingerprint density at radius 1 is 1.32 bits per heavy atom. The molecule has 2 rings (SSSR count). The van der Waals surface area contributed by atoms with Gasteiger partial charge in [-0.1, -0.05) is 20.8 Å². The summed E-state index contributed by atoms with van der Waals surface area (Å²) in [5.74, 6) is 0. The van der Waals surface area contributed by atoms with E-state index in [1.165, 1.54) is 18.5 Å². The van der Waals surface area contributed by atoms with Crippen molar-refractivity contribution in [2.24, 2.45) is 0 Å². The Labute approximate surface area is 117 Å². The summed E-state index contributed by atoms with van der Waals surface area (Å²) in [6, 6.07) is 0. The highest BCUT2D eigenvalue weighted by Crippen LogP contribution is 2.32. The molecule has 0 saturated carbocycles. The van der Waals surface area contributed by atoms with Crippen molar-refractivity contribution in [1.29, 1.82) is 0 Å². The largest absolute Gasteiger partial charge is 0.333 e. The van der Waals surface area contributed by atoms with Crippen LogP contribution in [0.1, 0.15) is 39.3 Å². The molecule has 0 amide bonds. The molecule has 0 unspecified atom stereocenters. The van der Waals surface area contributed by atoms with Crippen molar-refractivity contribution in [3.8, 4) is 0 Å². The molecule has 1 saturated heterocycles. The van der Waals surface area contributed by atoms with Gasteiger partial charge in [0, 0.05) is 30.4 Å². The maximum absolute atomic E-state index is 4.40. The van der Waals surface area contributed by atoms with Crippen LogP contribution in [0.4, 0.5) is 0 Å². The van der Waals surface area contributed by atoms with Crippen LogP contribution in [0.5, 0.6) is 0 Å². The summed E-state index contributed by atoms with van der Waals surface area (Å²) >= 11 is 0. The third-order valence-electron chi connectivity index (χ3n) is 4.59. The van der Waals surface area contributed by atoms with Gasteiger partial charge in [0.15, 0.2) is 0 Å². The molecule has 19 heavy (non-hydrogen) atoms. The molecule has 4 nitrogen and oxygen atoms in total. The minimum Gasteiger partial charge on any atom is -0.333 e. The minimum atomic E-state index is 0.297. The molecule has 0 radical (unpaired) electrons. The molecule has 108 valence electrons. The molecular weight excluding hydrogens is 236 g/mol. The lowest BCUT2D eigenvalue weighted by molar-refractivity contribution is 0.276. The van der Waals surface area contributed by atoms with Gasteiger partial charge in [-0.05, 0) is 39.0 Å². The van der Waals surface area contributed by atoms with Crippen LogP contribution in [-0.4, -0.2) is 47.2 Å². The normalized spacial score (nSPS) is 18.9. The summed E-state index contributed by atoms with van der Waals surface area (Å²) in [7, 11) is 0. The van der Waals surface area contributed by atoms with Crippen LogP contribution in [0.3, 0.4) is 0 Å². The zero-order valence-corrected chi connectivity index (χ0v) is 12.7. The SMILES string of the molecule is CCN(CC)CCn1cncc1C1(C)CCNCC1. The van der Waals surface area contributed by atoms with Crippen LogP contribution in [0, 0.1) is 0 Å². The van der Waals surface area contributed by atoms with Gasteiger partial charge in [-0.3, -0.25) is 0 Å². The van der Waals surface area contributed by atoms with Crippen molar-refractivity contribution < 1.29 is 0 Å². The van der Waals surface area contributed by atoms with Gasteiger partial charge in [0.1, 0.15) is 0 Å². The summed E-state index contributed by atoms with van der Waals surface area (Å²) in [6.07, 6.45) is 6.51. The number of imidazole rings is 1. The summed E-state index contributed by atoms with van der Waals surface area (Å²) in [5.41, 5.74) is 1.71. The van der Waals surface area contributed by atoms with E-state index in [9.17, 15) is 0 Å². The fourth-order valence-electron chi connectivity index (χ4n) is 3.03. The fourth-order valence-corrected chi connectivity index (χ4v) is 3.03.